The molecule has 1 unspecified atom stereocenters. The van der Waals surface area contributed by atoms with Gasteiger partial charge in [0.15, 0.2) is 0 Å². The Labute approximate surface area is 143 Å². The molecule has 7 nitrogen and oxygen atoms in total. The lowest BCUT2D eigenvalue weighted by Gasteiger charge is -2.09. The lowest BCUT2D eigenvalue weighted by Crippen LogP contribution is -2.13. The van der Waals surface area contributed by atoms with Gasteiger partial charge in [0.2, 0.25) is 0 Å². The van der Waals surface area contributed by atoms with Gasteiger partial charge in [0.05, 0.1) is 72.2 Å². The van der Waals surface area contributed by atoms with E-state index in [1.165, 1.54) is 0 Å². The van der Waals surface area contributed by atoms with Gasteiger partial charge in [0, 0.05) is 0 Å². The normalized spacial score (nSPS) is 13.5. The van der Waals surface area contributed by atoms with Crippen LogP contribution in [0.4, 0.5) is 4.20 Å². The van der Waals surface area contributed by atoms with Crippen LogP contribution in [0.15, 0.2) is 0 Å². The second kappa shape index (κ2) is 17.3. The number of hydrogen-bond acceptors (Lipinski definition) is 7. The molecule has 0 aliphatic rings. The quantitative estimate of drug-likeness (QED) is 0.207. The molecule has 0 aliphatic carbocycles. The van der Waals surface area contributed by atoms with Crippen LogP contribution in [0.3, 0.4) is 0 Å². The SMILES string of the molecule is C#CCOCCOCCOCCOCCOCCP(=O)(F)OCC. The van der Waals surface area contributed by atoms with Crippen molar-refractivity contribution in [3.05, 3.63) is 0 Å². The molecule has 1 atom stereocenters. The van der Waals surface area contributed by atoms with Crippen molar-refractivity contribution in [1.82, 2.24) is 0 Å². The molecular formula is C15H28FO7P. The average Bonchev–Trinajstić information content (AvgIpc) is 2.54. The van der Waals surface area contributed by atoms with Crippen LogP contribution in [0, 0.1) is 12.3 Å². The summed E-state index contributed by atoms with van der Waals surface area (Å²) in [6, 6.07) is 0. The van der Waals surface area contributed by atoms with Crippen LogP contribution >= 0.6 is 7.68 Å². The van der Waals surface area contributed by atoms with E-state index in [4.69, 9.17) is 30.1 Å². The lowest BCUT2D eigenvalue weighted by molar-refractivity contribution is -0.00824. The van der Waals surface area contributed by atoms with Gasteiger partial charge in [-0.3, -0.25) is 4.57 Å². The van der Waals surface area contributed by atoms with E-state index in [1.54, 1.807) is 6.92 Å². The summed E-state index contributed by atoms with van der Waals surface area (Å²) in [5.74, 6) is 2.37. The Balaban J connectivity index is 3.13. The summed E-state index contributed by atoms with van der Waals surface area (Å²) < 4.78 is 54.7. The minimum atomic E-state index is -3.99. The molecule has 9 heteroatoms. The first-order valence-electron chi connectivity index (χ1n) is 7.88. The van der Waals surface area contributed by atoms with E-state index in [2.05, 4.69) is 10.4 Å². The van der Waals surface area contributed by atoms with Gasteiger partial charge in [-0.15, -0.1) is 6.42 Å². The summed E-state index contributed by atoms with van der Waals surface area (Å²) in [4.78, 5) is 0. The molecule has 0 rings (SSSR count). The van der Waals surface area contributed by atoms with Crippen LogP contribution in [0.2, 0.25) is 0 Å². The Morgan fingerprint density at radius 1 is 0.833 bits per heavy atom. The summed E-state index contributed by atoms with van der Waals surface area (Å²) in [6.07, 6.45) is 4.79. The van der Waals surface area contributed by atoms with Crippen LogP contribution in [0.25, 0.3) is 0 Å². The minimum absolute atomic E-state index is 0.0377. The zero-order valence-corrected chi connectivity index (χ0v) is 15.1. The third-order valence-electron chi connectivity index (χ3n) is 2.50. The molecule has 0 fully saturated rings. The highest BCUT2D eigenvalue weighted by atomic mass is 31.2. The molecule has 0 aromatic rings. The van der Waals surface area contributed by atoms with Crippen molar-refractivity contribution in [2.24, 2.45) is 0 Å². The van der Waals surface area contributed by atoms with Gasteiger partial charge in [-0.2, -0.15) is 4.20 Å². The first-order valence-corrected chi connectivity index (χ1v) is 9.58. The Morgan fingerprint density at radius 2 is 1.25 bits per heavy atom. The maximum absolute atomic E-state index is 13.2. The number of terminal acetylenes is 1. The van der Waals surface area contributed by atoms with Gasteiger partial charge >= 0.3 is 7.68 Å². The maximum Gasteiger partial charge on any atom is 0.369 e. The molecule has 0 bridgehead atoms. The molecule has 0 spiro atoms. The molecular weight excluding hydrogens is 342 g/mol. The van der Waals surface area contributed by atoms with Gasteiger partial charge in [-0.1, -0.05) is 5.92 Å². The summed E-state index contributed by atoms with van der Waals surface area (Å²) in [5.41, 5.74) is 0. The van der Waals surface area contributed by atoms with Gasteiger partial charge in [-0.25, -0.2) is 0 Å². The topological polar surface area (TPSA) is 72.5 Å². The van der Waals surface area contributed by atoms with Gasteiger partial charge in [0.1, 0.15) is 6.61 Å². The number of ether oxygens (including phenoxy) is 5. The van der Waals surface area contributed by atoms with Gasteiger partial charge < -0.3 is 28.2 Å². The standard InChI is InChI=1S/C15H28FO7P/c1-3-5-18-6-7-19-8-9-20-10-11-21-12-13-22-14-15-24(16,17)23-4-2/h1H,4-15H2,2H3. The van der Waals surface area contributed by atoms with Crippen LogP contribution in [0.1, 0.15) is 6.92 Å². The Hall–Kier alpha value is -0.520. The minimum Gasteiger partial charge on any atom is -0.378 e. The van der Waals surface area contributed by atoms with Crippen LogP contribution in [-0.2, 0) is 32.8 Å². The third kappa shape index (κ3) is 17.8. The van der Waals surface area contributed by atoms with E-state index in [1.807, 2.05) is 0 Å². The van der Waals surface area contributed by atoms with E-state index >= 15 is 0 Å². The number of hydrogen-bond donors (Lipinski definition) is 0. The van der Waals surface area contributed by atoms with E-state index in [9.17, 15) is 8.76 Å². The molecule has 0 radical (unpaired) electrons. The number of halogens is 1. The van der Waals surface area contributed by atoms with Crippen molar-refractivity contribution in [2.45, 2.75) is 6.92 Å². The van der Waals surface area contributed by atoms with Crippen molar-refractivity contribution in [1.29, 1.82) is 0 Å². The third-order valence-corrected chi connectivity index (χ3v) is 3.86. The van der Waals surface area contributed by atoms with E-state index in [0.29, 0.717) is 59.5 Å². The van der Waals surface area contributed by atoms with E-state index in [0.717, 1.165) is 0 Å². The Morgan fingerprint density at radius 3 is 1.67 bits per heavy atom. The molecule has 24 heavy (non-hydrogen) atoms. The van der Waals surface area contributed by atoms with Crippen molar-refractivity contribution in [2.75, 3.05) is 78.8 Å². The molecule has 0 heterocycles. The predicted octanol–water partition coefficient (Wildman–Crippen LogP) is 1.90. The fourth-order valence-electron chi connectivity index (χ4n) is 1.44. The fraction of sp³-hybridized carbons (Fsp3) is 0.867. The lowest BCUT2D eigenvalue weighted by atomic mass is 10.7. The van der Waals surface area contributed by atoms with Crippen LogP contribution < -0.4 is 0 Å². The average molecular weight is 370 g/mol. The molecule has 0 amide bonds. The molecule has 142 valence electrons. The molecule has 0 saturated carbocycles. The van der Waals surface area contributed by atoms with Gasteiger partial charge in [-0.05, 0) is 6.92 Å². The largest absolute Gasteiger partial charge is 0.378 e. The first-order chi connectivity index (χ1) is 11.6. The first kappa shape index (κ1) is 23.5. The second-order valence-corrected chi connectivity index (χ2v) is 6.32. The highest BCUT2D eigenvalue weighted by Gasteiger charge is 2.20. The fourth-order valence-corrected chi connectivity index (χ4v) is 2.30. The van der Waals surface area contributed by atoms with E-state index in [-0.39, 0.29) is 19.4 Å². The predicted molar refractivity (Wildman–Crippen MR) is 88.1 cm³/mol. The highest BCUT2D eigenvalue weighted by Crippen LogP contribution is 2.47. The monoisotopic (exact) mass is 370 g/mol. The zero-order chi connectivity index (χ0) is 17.9. The van der Waals surface area contributed by atoms with Crippen molar-refractivity contribution >= 4 is 7.68 Å². The van der Waals surface area contributed by atoms with Crippen molar-refractivity contribution in [3.8, 4) is 12.3 Å². The molecule has 0 aromatic heterocycles. The second-order valence-electron chi connectivity index (χ2n) is 4.44. The smallest absolute Gasteiger partial charge is 0.369 e. The highest BCUT2D eigenvalue weighted by molar-refractivity contribution is 7.53. The number of rotatable bonds is 18. The van der Waals surface area contributed by atoms with E-state index < -0.39 is 7.68 Å². The molecule has 0 N–H and O–H groups in total. The van der Waals surface area contributed by atoms with Crippen molar-refractivity contribution in [3.63, 3.8) is 0 Å². The van der Waals surface area contributed by atoms with Gasteiger partial charge in [0.25, 0.3) is 0 Å². The zero-order valence-electron chi connectivity index (χ0n) is 14.2. The molecule has 0 saturated heterocycles. The Kier molecular flexibility index (Phi) is 16.9. The van der Waals surface area contributed by atoms with Crippen molar-refractivity contribution < 1.29 is 37.0 Å². The summed E-state index contributed by atoms with van der Waals surface area (Å²) in [6.45, 7) is 5.43. The van der Waals surface area contributed by atoms with Crippen LogP contribution in [0.5, 0.6) is 0 Å². The summed E-state index contributed by atoms with van der Waals surface area (Å²) in [5, 5.41) is 0. The molecule has 0 aliphatic heterocycles. The summed E-state index contributed by atoms with van der Waals surface area (Å²) >= 11 is 0. The van der Waals surface area contributed by atoms with Crippen LogP contribution in [-0.4, -0.2) is 78.8 Å². The molecule has 0 aromatic carbocycles. The maximum atomic E-state index is 13.2. The summed E-state index contributed by atoms with van der Waals surface area (Å²) in [7, 11) is -3.99. The Bertz CT molecular complexity index is 362.